The summed E-state index contributed by atoms with van der Waals surface area (Å²) in [6, 6.07) is 14.2. The molecule has 4 fully saturated rings. The Labute approximate surface area is 465 Å². The van der Waals surface area contributed by atoms with Gasteiger partial charge in [0.1, 0.15) is 11.2 Å². The zero-order valence-electron chi connectivity index (χ0n) is 46.8. The first-order chi connectivity index (χ1) is 38.3. The Hall–Kier alpha value is -5.34. The molecular weight excluding hydrogens is 1060 g/mol. The third-order valence-corrected chi connectivity index (χ3v) is 26.4. The van der Waals surface area contributed by atoms with Gasteiger partial charge in [-0.05, 0) is 86.7 Å². The summed E-state index contributed by atoms with van der Waals surface area (Å²) in [5.74, 6) is -15.5. The van der Waals surface area contributed by atoms with Crippen LogP contribution in [-0.2, 0) is 41.1 Å². The number of unbranched alkanes of at least 4 members (excludes halogenated alkanes) is 1. The van der Waals surface area contributed by atoms with Crippen molar-refractivity contribution in [1.29, 1.82) is 0 Å². The lowest BCUT2D eigenvalue weighted by Gasteiger charge is -2.65. The topological polar surface area (TPSA) is 154 Å². The number of anilines is 1. The number of benzene rings is 3. The van der Waals surface area contributed by atoms with Crippen molar-refractivity contribution >= 4 is 42.6 Å². The molecule has 4 aromatic rings. The molecule has 1 saturated carbocycles. The van der Waals surface area contributed by atoms with Crippen LogP contribution < -0.4 is 14.4 Å². The third kappa shape index (κ3) is 8.33. The van der Waals surface area contributed by atoms with Gasteiger partial charge in [-0.1, -0.05) is 88.0 Å². The first-order valence-corrected chi connectivity index (χ1v) is 31.6. The number of rotatable bonds is 14. The van der Waals surface area contributed by atoms with Crippen molar-refractivity contribution in [2.75, 3.05) is 66.0 Å². The molecule has 7 heterocycles. The monoisotopic (exact) mass is 1130 g/mol. The smallest absolute Gasteiger partial charge is 0.340 e. The number of H-pyrrole nitrogens is 1. The fourth-order valence-corrected chi connectivity index (χ4v) is 23.5. The number of esters is 3. The molecule has 3 aromatic carbocycles. The fraction of sp³-hybridized carbons (Fsp3) is 0.590. The standard InChI is InChI=1S/C61H75F5N4O9Si/c1-7-57(74)31-36-32-60(55(72)77-5,52-38(20-24-69(33-36)35-57)37-17-10-11-18-41(37)67-52)40-29-39-42(30-43(40)76-4)68(3)54-59(39)22-25-70-23-16-21-58(8-2,53(59)70)44(61(54,75)56(73)78-6)34-80(26-13-9-14-27-80)28-15-12-19-45(71)79-51-49(65)47(63)46(62)48(64)50(51)66/h10-11,16-18,21,29-30,36,44,53-54,67,74-75H,7-9,12-15,19-20,22-28,31-35H2,1-6H3/t36-,44-,53+,54-,57+,58+,59-,60+,61-/m1/s1. The van der Waals surface area contributed by atoms with Gasteiger partial charge in [0, 0.05) is 96.4 Å². The van der Waals surface area contributed by atoms with Gasteiger partial charge >= 0.3 is 17.9 Å². The van der Waals surface area contributed by atoms with Crippen LogP contribution in [0.4, 0.5) is 27.6 Å². The van der Waals surface area contributed by atoms with Gasteiger partial charge in [0.2, 0.25) is 34.8 Å². The number of fused-ring (bicyclic) bond motifs is 6. The average Bonchev–Trinajstić information content (AvgIpc) is 3.85. The summed E-state index contributed by atoms with van der Waals surface area (Å²) < 4.78 is 94.0. The van der Waals surface area contributed by atoms with Crippen molar-refractivity contribution < 1.29 is 65.5 Å². The van der Waals surface area contributed by atoms with Crippen molar-refractivity contribution in [2.45, 2.75) is 149 Å². The van der Waals surface area contributed by atoms with E-state index in [4.69, 9.17) is 18.9 Å². The summed E-state index contributed by atoms with van der Waals surface area (Å²) in [5.41, 5.74) is -1.36. The van der Waals surface area contributed by atoms with Crippen LogP contribution >= 0.6 is 0 Å². The van der Waals surface area contributed by atoms with Crippen LogP contribution in [0, 0.1) is 46.3 Å². The van der Waals surface area contributed by atoms with Gasteiger partial charge in [0.15, 0.2) is 5.60 Å². The van der Waals surface area contributed by atoms with Crippen molar-refractivity contribution in [3.63, 3.8) is 0 Å². The van der Waals surface area contributed by atoms with E-state index in [0.717, 1.165) is 64.8 Å². The molecule has 10 atom stereocenters. The van der Waals surface area contributed by atoms with Crippen LogP contribution in [0.1, 0.15) is 107 Å². The molecular formula is C61H75F5N4O9Si. The number of likely N-dealkylation sites (N-methyl/N-ethyl adjacent to an activating group) is 1. The number of aromatic amines is 1. The maximum absolute atomic E-state index is 15.7. The summed E-state index contributed by atoms with van der Waals surface area (Å²) in [6.07, 6.45) is 10.8. The molecule has 13 nitrogen and oxygen atoms in total. The lowest BCUT2D eigenvalue weighted by atomic mass is 9.45. The molecule has 1 aromatic heterocycles. The number of nitrogens with one attached hydrogen (secondary N) is 1. The van der Waals surface area contributed by atoms with E-state index in [1.54, 1.807) is 7.11 Å². The van der Waals surface area contributed by atoms with E-state index in [0.29, 0.717) is 101 Å². The highest BCUT2D eigenvalue weighted by Gasteiger charge is 2.79. The summed E-state index contributed by atoms with van der Waals surface area (Å²) in [6.45, 7) is 7.34. The van der Waals surface area contributed by atoms with Gasteiger partial charge < -0.3 is 39.0 Å². The third-order valence-electron chi connectivity index (χ3n) is 20.9. The number of methoxy groups -OCH3 is 3. The summed E-state index contributed by atoms with van der Waals surface area (Å²) in [4.78, 5) is 54.8. The Morgan fingerprint density at radius 2 is 1.55 bits per heavy atom. The molecule has 11 rings (SSSR count). The molecule has 80 heavy (non-hydrogen) atoms. The zero-order chi connectivity index (χ0) is 56.9. The second-order valence-corrected chi connectivity index (χ2v) is 29.5. The molecule has 0 radical (unpaired) electrons. The summed E-state index contributed by atoms with van der Waals surface area (Å²) in [5, 5.41) is 27.6. The van der Waals surface area contributed by atoms with E-state index in [-0.39, 0.29) is 24.8 Å². The lowest BCUT2D eigenvalue weighted by molar-refractivity contribution is -0.197. The summed E-state index contributed by atoms with van der Waals surface area (Å²) in [7, 11) is 3.78. The molecule has 3 N–H and O–H groups in total. The minimum absolute atomic E-state index is 0.146. The molecule has 19 heteroatoms. The number of hydrogen-bond acceptors (Lipinski definition) is 12. The van der Waals surface area contributed by atoms with Gasteiger partial charge in [0.05, 0.1) is 41.0 Å². The molecule has 0 amide bonds. The summed E-state index contributed by atoms with van der Waals surface area (Å²) >= 11 is 0. The highest BCUT2D eigenvalue weighted by atomic mass is 28.3. The van der Waals surface area contributed by atoms with Gasteiger partial charge in [-0.3, -0.25) is 19.4 Å². The van der Waals surface area contributed by atoms with Crippen molar-refractivity contribution in [1.82, 2.24) is 14.8 Å². The maximum Gasteiger partial charge on any atom is 0.340 e. The highest BCUT2D eigenvalue weighted by Crippen LogP contribution is 2.71. The van der Waals surface area contributed by atoms with Crippen molar-refractivity contribution in [3.8, 4) is 11.5 Å². The van der Waals surface area contributed by atoms with Crippen LogP contribution in [0.3, 0.4) is 0 Å². The first kappa shape index (κ1) is 56.5. The molecule has 2 bridgehead atoms. The average molecular weight is 1130 g/mol. The van der Waals surface area contributed by atoms with Crippen LogP contribution in [0.5, 0.6) is 11.5 Å². The van der Waals surface area contributed by atoms with E-state index in [1.165, 1.54) is 14.2 Å². The predicted molar refractivity (Wildman–Crippen MR) is 293 cm³/mol. The Kier molecular flexibility index (Phi) is 14.7. The normalized spacial score (nSPS) is 32.2. The van der Waals surface area contributed by atoms with Crippen LogP contribution in [-0.4, -0.2) is 135 Å². The Morgan fingerprint density at radius 1 is 0.838 bits per heavy atom. The quantitative estimate of drug-likeness (QED) is 0.0161. The van der Waals surface area contributed by atoms with E-state index in [2.05, 4.69) is 50.9 Å². The van der Waals surface area contributed by atoms with E-state index < -0.39 is 100 Å². The number of nitrogens with zero attached hydrogens (tertiary/aromatic N) is 3. The Morgan fingerprint density at radius 3 is 2.24 bits per heavy atom. The van der Waals surface area contributed by atoms with Gasteiger partial charge in [-0.25, -0.2) is 18.0 Å². The SMILES string of the molecule is CC[C@]1(O)C[C@H]2CN(CCc3c([nH]c4ccccc34)[C@@](C(=O)OC)(c3cc4c(cc3OC)N(C)[C@H]3[C@@](O)(C(=O)OC)[C@H](C[Si]5(CCCCC(=O)Oc6c(F)c(F)c(F)c(F)c6F)CCCCC5)[C@]5(CC)C=CCN6CC[C@]43[C@@H]65)C2)C1. The largest absolute Gasteiger partial charge is 0.496 e. The number of carbonyl (C=O) groups excluding carboxylic acids is 3. The van der Waals surface area contributed by atoms with Crippen LogP contribution in [0.25, 0.3) is 10.9 Å². The Balaban J connectivity index is 1.03. The number of ether oxygens (including phenoxy) is 4. The zero-order valence-corrected chi connectivity index (χ0v) is 47.8. The number of hydrogen-bond donors (Lipinski definition) is 3. The second-order valence-electron chi connectivity index (χ2n) is 24.6. The number of aromatic nitrogens is 1. The molecule has 1 unspecified atom stereocenters. The van der Waals surface area contributed by atoms with Crippen LogP contribution in [0.2, 0.25) is 24.2 Å². The molecule has 7 aliphatic rings. The number of para-hydroxylation sites is 1. The van der Waals surface area contributed by atoms with Crippen LogP contribution in [0.15, 0.2) is 48.6 Å². The van der Waals surface area contributed by atoms with Gasteiger partial charge in [-0.15, -0.1) is 0 Å². The molecule has 6 aliphatic heterocycles. The fourth-order valence-electron chi connectivity index (χ4n) is 17.6. The molecule has 3 saturated heterocycles. The minimum Gasteiger partial charge on any atom is -0.496 e. The van der Waals surface area contributed by atoms with E-state index in [9.17, 15) is 37.0 Å². The number of aliphatic hydroxyl groups is 2. The predicted octanol–water partition coefficient (Wildman–Crippen LogP) is 9.78. The highest BCUT2D eigenvalue weighted by molar-refractivity contribution is 6.80. The maximum atomic E-state index is 15.7. The lowest BCUT2D eigenvalue weighted by Crippen LogP contribution is -2.79. The van der Waals surface area contributed by atoms with E-state index in [1.807, 2.05) is 38.2 Å². The minimum atomic E-state index is -2.52. The van der Waals surface area contributed by atoms with Gasteiger partial charge in [0.25, 0.3) is 0 Å². The Bertz CT molecular complexity index is 3130. The molecule has 432 valence electrons. The number of halogens is 5. The van der Waals surface area contributed by atoms with Gasteiger partial charge in [-0.2, -0.15) is 8.78 Å². The van der Waals surface area contributed by atoms with E-state index >= 15 is 9.59 Å². The molecule has 1 aliphatic carbocycles. The first-order valence-electron chi connectivity index (χ1n) is 28.8. The van der Waals surface area contributed by atoms with Crippen molar-refractivity contribution in [3.05, 3.63) is 100 Å². The number of carbonyl (C=O) groups is 3. The van der Waals surface area contributed by atoms with Crippen molar-refractivity contribution in [2.24, 2.45) is 17.3 Å². The second kappa shape index (κ2) is 20.8. The number of piperidine rings is 1. The molecule has 1 spiro atoms.